The molecule has 1 saturated carbocycles. The van der Waals surface area contributed by atoms with E-state index in [1.54, 1.807) is 12.1 Å². The molecule has 0 aliphatic heterocycles. The average molecular weight is 248 g/mol. The fraction of sp³-hybridized carbons (Fsp3) is 0.500. The molecule has 4 nitrogen and oxygen atoms in total. The van der Waals surface area contributed by atoms with Gasteiger partial charge in [-0.15, -0.1) is 0 Å². The summed E-state index contributed by atoms with van der Waals surface area (Å²) in [5, 5.41) is 0. The molecule has 0 bridgehead atoms. The van der Waals surface area contributed by atoms with Crippen molar-refractivity contribution < 1.29 is 9.53 Å². The lowest BCUT2D eigenvalue weighted by molar-refractivity contribution is 0.0444. The summed E-state index contributed by atoms with van der Waals surface area (Å²) in [7, 11) is 0. The number of carbonyl (C=O) groups is 1. The first-order valence-electron chi connectivity index (χ1n) is 6.40. The van der Waals surface area contributed by atoms with Crippen LogP contribution in [0, 0.1) is 12.8 Å². The quantitative estimate of drug-likeness (QED) is 0.636. The molecule has 0 spiro atoms. The average Bonchev–Trinajstić information content (AvgIpc) is 2.83. The highest BCUT2D eigenvalue weighted by atomic mass is 16.5. The molecule has 0 saturated heterocycles. The molecule has 1 aromatic carbocycles. The molecule has 1 fully saturated rings. The smallest absolute Gasteiger partial charge is 0.340 e. The van der Waals surface area contributed by atoms with Gasteiger partial charge in [0.2, 0.25) is 0 Å². The van der Waals surface area contributed by atoms with Gasteiger partial charge in [-0.2, -0.15) is 0 Å². The summed E-state index contributed by atoms with van der Waals surface area (Å²) >= 11 is 0. The van der Waals surface area contributed by atoms with Crippen LogP contribution in [0.4, 0.5) is 11.4 Å². The van der Waals surface area contributed by atoms with E-state index in [0.717, 1.165) is 18.4 Å². The summed E-state index contributed by atoms with van der Waals surface area (Å²) in [4.78, 5) is 12.0. The Hall–Kier alpha value is -1.71. The normalized spacial score (nSPS) is 15.8. The zero-order chi connectivity index (χ0) is 13.1. The molecule has 0 atom stereocenters. The highest BCUT2D eigenvalue weighted by Crippen LogP contribution is 2.26. The predicted molar refractivity (Wildman–Crippen MR) is 72.2 cm³/mol. The molecule has 18 heavy (non-hydrogen) atoms. The maximum Gasteiger partial charge on any atom is 0.340 e. The van der Waals surface area contributed by atoms with Crippen molar-refractivity contribution in [2.75, 3.05) is 18.1 Å². The van der Waals surface area contributed by atoms with Gasteiger partial charge in [-0.25, -0.2) is 4.79 Å². The zero-order valence-corrected chi connectivity index (χ0v) is 10.7. The molecule has 98 valence electrons. The second kappa shape index (κ2) is 5.29. The van der Waals surface area contributed by atoms with Gasteiger partial charge in [0.1, 0.15) is 0 Å². The van der Waals surface area contributed by atoms with Crippen LogP contribution in [0.1, 0.15) is 41.6 Å². The van der Waals surface area contributed by atoms with Crippen molar-refractivity contribution in [3.8, 4) is 0 Å². The Balaban J connectivity index is 2.04. The lowest BCUT2D eigenvalue weighted by Crippen LogP contribution is -2.14. The minimum Gasteiger partial charge on any atom is -0.462 e. The van der Waals surface area contributed by atoms with Crippen LogP contribution in [0.2, 0.25) is 0 Å². The lowest BCUT2D eigenvalue weighted by Gasteiger charge is -2.12. The van der Waals surface area contributed by atoms with Crippen LogP contribution in [0.3, 0.4) is 0 Å². The Labute approximate surface area is 107 Å². The Kier molecular flexibility index (Phi) is 3.75. The van der Waals surface area contributed by atoms with Gasteiger partial charge < -0.3 is 16.2 Å². The standard InChI is InChI=1S/C14H20N2O2/c1-9-6-11(13(16)12(15)7-9)14(17)18-8-10-4-2-3-5-10/h6-7,10H,2-5,8,15-16H2,1H3. The molecular weight excluding hydrogens is 228 g/mol. The first-order valence-corrected chi connectivity index (χ1v) is 6.40. The van der Waals surface area contributed by atoms with Crippen molar-refractivity contribution >= 4 is 17.3 Å². The van der Waals surface area contributed by atoms with E-state index in [1.165, 1.54) is 12.8 Å². The summed E-state index contributed by atoms with van der Waals surface area (Å²) in [6.07, 6.45) is 4.78. The van der Waals surface area contributed by atoms with E-state index >= 15 is 0 Å². The van der Waals surface area contributed by atoms with Crippen LogP contribution in [-0.2, 0) is 4.74 Å². The van der Waals surface area contributed by atoms with E-state index in [9.17, 15) is 4.79 Å². The number of benzene rings is 1. The third-order valence-electron chi connectivity index (χ3n) is 3.50. The van der Waals surface area contributed by atoms with Gasteiger partial charge in [0.05, 0.1) is 23.5 Å². The molecule has 1 aliphatic rings. The summed E-state index contributed by atoms with van der Waals surface area (Å²) in [6, 6.07) is 3.48. The molecule has 2 rings (SSSR count). The van der Waals surface area contributed by atoms with E-state index in [1.807, 2.05) is 6.92 Å². The maximum atomic E-state index is 12.0. The van der Waals surface area contributed by atoms with Crippen molar-refractivity contribution in [2.24, 2.45) is 5.92 Å². The van der Waals surface area contributed by atoms with Gasteiger partial charge in [0.15, 0.2) is 0 Å². The van der Waals surface area contributed by atoms with E-state index in [4.69, 9.17) is 16.2 Å². The van der Waals surface area contributed by atoms with Crippen LogP contribution in [-0.4, -0.2) is 12.6 Å². The minimum absolute atomic E-state index is 0.317. The lowest BCUT2D eigenvalue weighted by atomic mass is 10.1. The fourth-order valence-corrected chi connectivity index (χ4v) is 2.44. The van der Waals surface area contributed by atoms with Gasteiger partial charge >= 0.3 is 5.97 Å². The molecular formula is C14H20N2O2. The van der Waals surface area contributed by atoms with Crippen LogP contribution in [0.15, 0.2) is 12.1 Å². The van der Waals surface area contributed by atoms with Crippen molar-refractivity contribution in [3.05, 3.63) is 23.3 Å². The van der Waals surface area contributed by atoms with E-state index in [2.05, 4.69) is 0 Å². The molecule has 0 amide bonds. The number of nitrogens with two attached hydrogens (primary N) is 2. The van der Waals surface area contributed by atoms with Gasteiger partial charge in [-0.1, -0.05) is 12.8 Å². The summed E-state index contributed by atoms with van der Waals surface area (Å²) in [5.41, 5.74) is 13.6. The van der Waals surface area contributed by atoms with E-state index in [0.29, 0.717) is 29.5 Å². The molecule has 4 N–H and O–H groups in total. The summed E-state index contributed by atoms with van der Waals surface area (Å²) in [5.74, 6) is 0.145. The Morgan fingerprint density at radius 1 is 1.33 bits per heavy atom. The van der Waals surface area contributed by atoms with Crippen LogP contribution in [0.25, 0.3) is 0 Å². The Bertz CT molecular complexity index is 451. The van der Waals surface area contributed by atoms with Crippen LogP contribution < -0.4 is 11.5 Å². The fourth-order valence-electron chi connectivity index (χ4n) is 2.44. The predicted octanol–water partition coefficient (Wildman–Crippen LogP) is 2.51. The number of rotatable bonds is 3. The van der Waals surface area contributed by atoms with Crippen molar-refractivity contribution in [1.29, 1.82) is 0 Å². The van der Waals surface area contributed by atoms with Gasteiger partial charge in [0.25, 0.3) is 0 Å². The SMILES string of the molecule is Cc1cc(N)c(N)c(C(=O)OCC2CCCC2)c1. The van der Waals surface area contributed by atoms with Crippen molar-refractivity contribution in [2.45, 2.75) is 32.6 Å². The zero-order valence-electron chi connectivity index (χ0n) is 10.7. The molecule has 4 heteroatoms. The van der Waals surface area contributed by atoms with E-state index in [-0.39, 0.29) is 5.97 Å². The van der Waals surface area contributed by atoms with Crippen LogP contribution in [0.5, 0.6) is 0 Å². The summed E-state index contributed by atoms with van der Waals surface area (Å²) < 4.78 is 5.33. The van der Waals surface area contributed by atoms with Gasteiger partial charge in [-0.3, -0.25) is 0 Å². The highest BCUT2D eigenvalue weighted by molar-refractivity contribution is 5.98. The number of esters is 1. The van der Waals surface area contributed by atoms with Crippen LogP contribution >= 0.6 is 0 Å². The monoisotopic (exact) mass is 248 g/mol. The maximum absolute atomic E-state index is 12.0. The van der Waals surface area contributed by atoms with Crippen molar-refractivity contribution in [3.63, 3.8) is 0 Å². The molecule has 0 radical (unpaired) electrons. The second-order valence-electron chi connectivity index (χ2n) is 5.06. The molecule has 0 heterocycles. The van der Waals surface area contributed by atoms with Gasteiger partial charge in [-0.05, 0) is 43.4 Å². The number of hydrogen-bond acceptors (Lipinski definition) is 4. The number of nitrogen functional groups attached to an aromatic ring is 2. The minimum atomic E-state index is -0.366. The molecule has 0 aromatic heterocycles. The number of ether oxygens (including phenoxy) is 1. The largest absolute Gasteiger partial charge is 0.462 e. The molecule has 0 unspecified atom stereocenters. The number of aryl methyl sites for hydroxylation is 1. The number of hydrogen-bond donors (Lipinski definition) is 2. The van der Waals surface area contributed by atoms with Crippen molar-refractivity contribution in [1.82, 2.24) is 0 Å². The first-order chi connectivity index (χ1) is 8.58. The number of anilines is 2. The van der Waals surface area contributed by atoms with E-state index < -0.39 is 0 Å². The Morgan fingerprint density at radius 2 is 2.00 bits per heavy atom. The third kappa shape index (κ3) is 2.75. The highest BCUT2D eigenvalue weighted by Gasteiger charge is 2.19. The summed E-state index contributed by atoms with van der Waals surface area (Å²) in [6.45, 7) is 2.37. The third-order valence-corrected chi connectivity index (χ3v) is 3.50. The second-order valence-corrected chi connectivity index (χ2v) is 5.06. The molecule has 1 aromatic rings. The topological polar surface area (TPSA) is 78.3 Å². The number of carbonyl (C=O) groups excluding carboxylic acids is 1. The Morgan fingerprint density at radius 3 is 2.67 bits per heavy atom. The van der Waals surface area contributed by atoms with Gasteiger partial charge in [0, 0.05) is 0 Å². The molecule has 1 aliphatic carbocycles. The first kappa shape index (κ1) is 12.7.